The van der Waals surface area contributed by atoms with E-state index in [1.165, 1.54) is 37.7 Å². The number of carbonyl (C=O) groups excluding carboxylic acids is 1. The van der Waals surface area contributed by atoms with Crippen LogP contribution in [-0.4, -0.2) is 17.0 Å². The van der Waals surface area contributed by atoms with Crippen LogP contribution in [0.3, 0.4) is 0 Å². The van der Waals surface area contributed by atoms with E-state index in [9.17, 15) is 9.90 Å². The lowest BCUT2D eigenvalue weighted by atomic mass is 9.88. The fourth-order valence-electron chi connectivity index (χ4n) is 2.98. The molecule has 1 N–H and O–H groups in total. The first kappa shape index (κ1) is 16.4. The smallest absolute Gasteiger partial charge is 0.146 e. The number of Topliss-reactive ketones (excluding diaryl/α,β-unsaturated/α-hetero) is 1. The lowest BCUT2D eigenvalue weighted by Gasteiger charge is -2.20. The molecule has 1 aliphatic carbocycles. The Hall–Kier alpha value is -0.630. The second-order valence-corrected chi connectivity index (χ2v) is 5.80. The van der Waals surface area contributed by atoms with Crippen molar-refractivity contribution in [2.45, 2.75) is 84.2 Å². The third-order valence-corrected chi connectivity index (χ3v) is 4.10. The molecule has 2 unspecified atom stereocenters. The Labute approximate surface area is 118 Å². The Bertz CT molecular complexity index is 294. The molecule has 0 heterocycles. The van der Waals surface area contributed by atoms with Crippen LogP contribution in [-0.2, 0) is 4.79 Å². The average Bonchev–Trinajstić information content (AvgIpc) is 2.75. The van der Waals surface area contributed by atoms with Crippen LogP contribution in [0.25, 0.3) is 0 Å². The van der Waals surface area contributed by atoms with Gasteiger partial charge in [-0.2, -0.15) is 0 Å². The molecule has 0 aromatic rings. The van der Waals surface area contributed by atoms with E-state index in [0.717, 1.165) is 25.7 Å². The number of aliphatic hydroxyl groups is 1. The van der Waals surface area contributed by atoms with Gasteiger partial charge < -0.3 is 5.11 Å². The van der Waals surface area contributed by atoms with Crippen molar-refractivity contribution in [2.24, 2.45) is 5.92 Å². The van der Waals surface area contributed by atoms with Crippen LogP contribution in [0.2, 0.25) is 0 Å². The van der Waals surface area contributed by atoms with Crippen LogP contribution in [0.15, 0.2) is 11.6 Å². The number of allylic oxidation sites excluding steroid dienone is 1. The maximum absolute atomic E-state index is 11.9. The lowest BCUT2D eigenvalue weighted by molar-refractivity contribution is -0.123. The van der Waals surface area contributed by atoms with Crippen LogP contribution in [0.1, 0.15) is 78.1 Å². The van der Waals surface area contributed by atoms with Crippen molar-refractivity contribution in [1.29, 1.82) is 0 Å². The topological polar surface area (TPSA) is 37.3 Å². The summed E-state index contributed by atoms with van der Waals surface area (Å²) < 4.78 is 0. The summed E-state index contributed by atoms with van der Waals surface area (Å²) in [5.74, 6) is 0.0394. The fourth-order valence-corrected chi connectivity index (χ4v) is 2.98. The standard InChI is InChI=1S/C17H30O2/c1-3-5-6-7-8-9-11-14-12-13-16(19)17(14)15(18)10-4-2/h12,15,17-18H,3-11,13H2,1-2H3. The van der Waals surface area contributed by atoms with Crippen molar-refractivity contribution >= 4 is 5.78 Å². The molecule has 1 rings (SSSR count). The van der Waals surface area contributed by atoms with Crippen molar-refractivity contribution in [2.75, 3.05) is 0 Å². The van der Waals surface area contributed by atoms with Crippen LogP contribution in [0, 0.1) is 5.92 Å². The molecule has 2 atom stereocenters. The van der Waals surface area contributed by atoms with Crippen LogP contribution < -0.4 is 0 Å². The summed E-state index contributed by atoms with van der Waals surface area (Å²) in [4.78, 5) is 11.9. The van der Waals surface area contributed by atoms with E-state index in [4.69, 9.17) is 0 Å². The van der Waals surface area contributed by atoms with Gasteiger partial charge in [-0.05, 0) is 19.3 Å². The molecule has 0 saturated heterocycles. The van der Waals surface area contributed by atoms with Gasteiger partial charge in [0, 0.05) is 6.42 Å². The minimum Gasteiger partial charge on any atom is -0.392 e. The summed E-state index contributed by atoms with van der Waals surface area (Å²) in [6.07, 6.45) is 12.5. The van der Waals surface area contributed by atoms with Crippen LogP contribution in [0.4, 0.5) is 0 Å². The average molecular weight is 266 g/mol. The summed E-state index contributed by atoms with van der Waals surface area (Å²) in [6, 6.07) is 0. The molecule has 1 aliphatic rings. The Kier molecular flexibility index (Phi) is 8.04. The second-order valence-electron chi connectivity index (χ2n) is 5.80. The molecular weight excluding hydrogens is 236 g/mol. The van der Waals surface area contributed by atoms with Crippen LogP contribution >= 0.6 is 0 Å². The molecule has 0 amide bonds. The number of unbranched alkanes of at least 4 members (excludes halogenated alkanes) is 5. The molecule has 0 aromatic heterocycles. The zero-order chi connectivity index (χ0) is 14.1. The molecule has 0 aliphatic heterocycles. The van der Waals surface area contributed by atoms with E-state index < -0.39 is 6.10 Å². The summed E-state index contributed by atoms with van der Waals surface area (Å²) in [5, 5.41) is 10.1. The summed E-state index contributed by atoms with van der Waals surface area (Å²) in [5.41, 5.74) is 1.21. The third-order valence-electron chi connectivity index (χ3n) is 4.10. The largest absolute Gasteiger partial charge is 0.392 e. The minimum absolute atomic E-state index is 0.185. The van der Waals surface area contributed by atoms with E-state index in [1.807, 2.05) is 0 Å². The highest BCUT2D eigenvalue weighted by molar-refractivity contribution is 5.88. The molecule has 19 heavy (non-hydrogen) atoms. The van der Waals surface area contributed by atoms with Gasteiger partial charge in [0.05, 0.1) is 12.0 Å². The van der Waals surface area contributed by atoms with E-state index in [-0.39, 0.29) is 11.7 Å². The molecule has 0 bridgehead atoms. The first-order valence-electron chi connectivity index (χ1n) is 8.10. The Balaban J connectivity index is 2.29. The molecule has 2 nitrogen and oxygen atoms in total. The van der Waals surface area contributed by atoms with Gasteiger partial charge >= 0.3 is 0 Å². The number of rotatable bonds is 10. The van der Waals surface area contributed by atoms with E-state index in [2.05, 4.69) is 19.9 Å². The van der Waals surface area contributed by atoms with Crippen molar-refractivity contribution < 1.29 is 9.90 Å². The number of hydrogen-bond acceptors (Lipinski definition) is 2. The van der Waals surface area contributed by atoms with Gasteiger partial charge in [0.25, 0.3) is 0 Å². The van der Waals surface area contributed by atoms with E-state index >= 15 is 0 Å². The highest BCUT2D eigenvalue weighted by Gasteiger charge is 2.32. The predicted molar refractivity (Wildman–Crippen MR) is 80.1 cm³/mol. The first-order valence-corrected chi connectivity index (χ1v) is 8.10. The fraction of sp³-hybridized carbons (Fsp3) is 0.824. The van der Waals surface area contributed by atoms with Gasteiger partial charge in [-0.1, -0.05) is 64.0 Å². The summed E-state index contributed by atoms with van der Waals surface area (Å²) in [6.45, 7) is 4.29. The lowest BCUT2D eigenvalue weighted by Crippen LogP contribution is -2.26. The van der Waals surface area contributed by atoms with Gasteiger partial charge in [-0.25, -0.2) is 0 Å². The Morgan fingerprint density at radius 1 is 1.16 bits per heavy atom. The molecule has 0 fully saturated rings. The monoisotopic (exact) mass is 266 g/mol. The van der Waals surface area contributed by atoms with Crippen molar-refractivity contribution in [3.63, 3.8) is 0 Å². The van der Waals surface area contributed by atoms with Crippen molar-refractivity contribution in [3.05, 3.63) is 11.6 Å². The summed E-state index contributed by atoms with van der Waals surface area (Å²) >= 11 is 0. The van der Waals surface area contributed by atoms with Crippen molar-refractivity contribution in [3.8, 4) is 0 Å². The number of aliphatic hydroxyl groups excluding tert-OH is 1. The molecule has 0 saturated carbocycles. The maximum atomic E-state index is 11.9. The highest BCUT2D eigenvalue weighted by Crippen LogP contribution is 2.31. The zero-order valence-electron chi connectivity index (χ0n) is 12.7. The van der Waals surface area contributed by atoms with Gasteiger partial charge in [0.1, 0.15) is 5.78 Å². The second kappa shape index (κ2) is 9.30. The predicted octanol–water partition coefficient (Wildman–Crippen LogP) is 4.41. The zero-order valence-corrected chi connectivity index (χ0v) is 12.7. The first-order chi connectivity index (χ1) is 9.20. The quantitative estimate of drug-likeness (QED) is 0.469. The third kappa shape index (κ3) is 5.48. The van der Waals surface area contributed by atoms with Crippen molar-refractivity contribution in [1.82, 2.24) is 0 Å². The van der Waals surface area contributed by atoms with Crippen LogP contribution in [0.5, 0.6) is 0 Å². The number of carbonyl (C=O) groups is 1. The van der Waals surface area contributed by atoms with E-state index in [0.29, 0.717) is 6.42 Å². The van der Waals surface area contributed by atoms with Gasteiger partial charge in [0.15, 0.2) is 0 Å². The maximum Gasteiger partial charge on any atom is 0.146 e. The van der Waals surface area contributed by atoms with Gasteiger partial charge in [0.2, 0.25) is 0 Å². The molecule has 0 spiro atoms. The normalized spacial score (nSPS) is 20.7. The number of hydrogen-bond donors (Lipinski definition) is 1. The summed E-state index contributed by atoms with van der Waals surface area (Å²) in [7, 11) is 0. The molecular formula is C17H30O2. The molecule has 110 valence electrons. The Morgan fingerprint density at radius 2 is 1.84 bits per heavy atom. The molecule has 0 radical (unpaired) electrons. The SMILES string of the molecule is CCCCCCCCC1=CCC(=O)C1C(O)CCC. The number of ketones is 1. The molecule has 2 heteroatoms. The van der Waals surface area contributed by atoms with E-state index in [1.54, 1.807) is 0 Å². The van der Waals surface area contributed by atoms with Gasteiger partial charge in [-0.3, -0.25) is 4.79 Å². The molecule has 0 aromatic carbocycles. The minimum atomic E-state index is -0.452. The van der Waals surface area contributed by atoms with Gasteiger partial charge in [-0.15, -0.1) is 0 Å². The highest BCUT2D eigenvalue weighted by atomic mass is 16.3. The Morgan fingerprint density at radius 3 is 2.53 bits per heavy atom.